The van der Waals surface area contributed by atoms with Gasteiger partial charge in [0.1, 0.15) is 5.54 Å². The zero-order valence-corrected chi connectivity index (χ0v) is 15.9. The second-order valence-electron chi connectivity index (χ2n) is 6.56. The van der Waals surface area contributed by atoms with Gasteiger partial charge in [-0.1, -0.05) is 18.2 Å². The SMILES string of the molecule is COCCNC(=O)C1(Nc2ccccc2)CCN(C(C)C)CC1.O=CO. The molecule has 0 unspecified atom stereocenters. The molecule has 7 nitrogen and oxygen atoms in total. The van der Waals surface area contributed by atoms with Crippen molar-refractivity contribution in [3.05, 3.63) is 30.3 Å². The second kappa shape index (κ2) is 11.5. The monoisotopic (exact) mass is 365 g/mol. The van der Waals surface area contributed by atoms with Crippen LogP contribution in [0.3, 0.4) is 0 Å². The first-order valence-electron chi connectivity index (χ1n) is 8.91. The first-order chi connectivity index (χ1) is 12.5. The maximum absolute atomic E-state index is 12.8. The van der Waals surface area contributed by atoms with Gasteiger partial charge < -0.3 is 25.4 Å². The second-order valence-corrected chi connectivity index (χ2v) is 6.56. The summed E-state index contributed by atoms with van der Waals surface area (Å²) in [7, 11) is 1.64. The van der Waals surface area contributed by atoms with Gasteiger partial charge in [-0.2, -0.15) is 0 Å². The number of likely N-dealkylation sites (tertiary alicyclic amines) is 1. The van der Waals surface area contributed by atoms with Crippen LogP contribution in [0.4, 0.5) is 5.69 Å². The third kappa shape index (κ3) is 6.65. The summed E-state index contributed by atoms with van der Waals surface area (Å²) >= 11 is 0. The van der Waals surface area contributed by atoms with E-state index >= 15 is 0 Å². The molecule has 0 aromatic heterocycles. The molecule has 1 aromatic rings. The number of anilines is 1. The molecular weight excluding hydrogens is 334 g/mol. The van der Waals surface area contributed by atoms with Crippen LogP contribution in [0.2, 0.25) is 0 Å². The Hall–Kier alpha value is -2.12. The summed E-state index contributed by atoms with van der Waals surface area (Å²) in [6, 6.07) is 10.5. The molecule has 0 atom stereocenters. The van der Waals surface area contributed by atoms with E-state index < -0.39 is 5.54 Å². The molecule has 146 valence electrons. The Balaban J connectivity index is 0.00000105. The van der Waals surface area contributed by atoms with Crippen molar-refractivity contribution in [3.63, 3.8) is 0 Å². The molecule has 7 heteroatoms. The zero-order valence-electron chi connectivity index (χ0n) is 15.9. The Morgan fingerprint density at radius 1 is 1.31 bits per heavy atom. The van der Waals surface area contributed by atoms with Gasteiger partial charge in [0, 0.05) is 38.5 Å². The van der Waals surface area contributed by atoms with Crippen molar-refractivity contribution in [1.82, 2.24) is 10.2 Å². The number of nitrogens with zero attached hydrogens (tertiary/aromatic N) is 1. The number of carbonyl (C=O) groups is 2. The highest BCUT2D eigenvalue weighted by atomic mass is 16.5. The molecule has 0 aliphatic carbocycles. The van der Waals surface area contributed by atoms with Crippen molar-refractivity contribution in [3.8, 4) is 0 Å². The Kier molecular flexibility index (Phi) is 9.69. The van der Waals surface area contributed by atoms with Gasteiger partial charge in [-0.25, -0.2) is 0 Å². The highest BCUT2D eigenvalue weighted by Gasteiger charge is 2.41. The Labute approximate surface area is 155 Å². The van der Waals surface area contributed by atoms with E-state index in [-0.39, 0.29) is 12.4 Å². The molecule has 1 aliphatic rings. The largest absolute Gasteiger partial charge is 0.483 e. The fourth-order valence-electron chi connectivity index (χ4n) is 3.06. The van der Waals surface area contributed by atoms with E-state index in [1.165, 1.54) is 0 Å². The number of hydrogen-bond donors (Lipinski definition) is 3. The number of carbonyl (C=O) groups excluding carboxylic acids is 1. The molecule has 1 aliphatic heterocycles. The van der Waals surface area contributed by atoms with Gasteiger partial charge in [0.2, 0.25) is 5.91 Å². The van der Waals surface area contributed by atoms with Gasteiger partial charge >= 0.3 is 0 Å². The summed E-state index contributed by atoms with van der Waals surface area (Å²) in [5.41, 5.74) is 0.452. The number of carboxylic acid groups (broad SMARTS) is 1. The van der Waals surface area contributed by atoms with Crippen molar-refractivity contribution in [2.75, 3.05) is 38.7 Å². The molecule has 1 fully saturated rings. The summed E-state index contributed by atoms with van der Waals surface area (Å²) < 4.78 is 5.04. The van der Waals surface area contributed by atoms with Gasteiger partial charge in [-0.15, -0.1) is 0 Å². The predicted molar refractivity (Wildman–Crippen MR) is 102 cm³/mol. The van der Waals surface area contributed by atoms with Gasteiger partial charge in [-0.05, 0) is 38.8 Å². The van der Waals surface area contributed by atoms with Gasteiger partial charge in [0.15, 0.2) is 0 Å². The normalized spacial score (nSPS) is 16.3. The smallest absolute Gasteiger partial charge is 0.290 e. The predicted octanol–water partition coefficient (Wildman–Crippen LogP) is 1.80. The molecule has 2 rings (SSSR count). The van der Waals surface area contributed by atoms with E-state index in [0.29, 0.717) is 19.2 Å². The molecule has 26 heavy (non-hydrogen) atoms. The van der Waals surface area contributed by atoms with Crippen LogP contribution < -0.4 is 10.6 Å². The fraction of sp³-hybridized carbons (Fsp3) is 0.579. The number of amides is 1. The molecule has 1 amide bonds. The fourth-order valence-corrected chi connectivity index (χ4v) is 3.06. The molecule has 0 bridgehead atoms. The van der Waals surface area contributed by atoms with Crippen LogP contribution in [0.15, 0.2) is 30.3 Å². The van der Waals surface area contributed by atoms with Crippen LogP contribution in [0.1, 0.15) is 26.7 Å². The van der Waals surface area contributed by atoms with E-state index in [1.54, 1.807) is 7.11 Å². The first kappa shape index (κ1) is 21.9. The minimum atomic E-state index is -0.541. The van der Waals surface area contributed by atoms with Gasteiger partial charge in [-0.3, -0.25) is 9.59 Å². The van der Waals surface area contributed by atoms with E-state index in [9.17, 15) is 4.79 Å². The lowest BCUT2D eigenvalue weighted by Gasteiger charge is -2.43. The van der Waals surface area contributed by atoms with E-state index in [4.69, 9.17) is 14.6 Å². The zero-order chi connectivity index (χ0) is 19.4. The highest BCUT2D eigenvalue weighted by molar-refractivity contribution is 5.89. The maximum atomic E-state index is 12.8. The summed E-state index contributed by atoms with van der Waals surface area (Å²) in [5, 5.41) is 13.4. The van der Waals surface area contributed by atoms with E-state index in [0.717, 1.165) is 31.6 Å². The molecular formula is C19H31N3O4. The molecule has 0 radical (unpaired) electrons. The Morgan fingerprint density at radius 3 is 2.38 bits per heavy atom. The number of benzene rings is 1. The molecule has 3 N–H and O–H groups in total. The maximum Gasteiger partial charge on any atom is 0.290 e. The van der Waals surface area contributed by atoms with Crippen LogP contribution in [-0.4, -0.2) is 67.3 Å². The Bertz CT molecular complexity index is 529. The average Bonchev–Trinajstić information content (AvgIpc) is 2.63. The molecule has 1 aromatic carbocycles. The number of methoxy groups -OCH3 is 1. The van der Waals surface area contributed by atoms with Crippen LogP contribution in [-0.2, 0) is 14.3 Å². The number of ether oxygens (including phenoxy) is 1. The summed E-state index contributed by atoms with van der Waals surface area (Å²) in [6.45, 7) is 7.09. The third-order valence-electron chi connectivity index (χ3n) is 4.57. The van der Waals surface area contributed by atoms with Crippen molar-refractivity contribution in [1.29, 1.82) is 0 Å². The van der Waals surface area contributed by atoms with Gasteiger partial charge in [0.05, 0.1) is 6.61 Å². The lowest BCUT2D eigenvalue weighted by atomic mass is 9.85. The lowest BCUT2D eigenvalue weighted by molar-refractivity contribution is -0.127. The number of piperidine rings is 1. The number of para-hydroxylation sites is 1. The third-order valence-corrected chi connectivity index (χ3v) is 4.57. The molecule has 1 saturated heterocycles. The minimum absolute atomic E-state index is 0.0711. The van der Waals surface area contributed by atoms with Crippen molar-refractivity contribution in [2.45, 2.75) is 38.3 Å². The number of rotatable bonds is 7. The van der Waals surface area contributed by atoms with Crippen molar-refractivity contribution < 1.29 is 19.4 Å². The minimum Gasteiger partial charge on any atom is -0.483 e. The quantitative estimate of drug-likeness (QED) is 0.504. The summed E-state index contributed by atoms with van der Waals surface area (Å²) in [6.07, 6.45) is 1.61. The Morgan fingerprint density at radius 2 is 1.88 bits per heavy atom. The van der Waals surface area contributed by atoms with E-state index in [1.807, 2.05) is 30.3 Å². The standard InChI is InChI=1S/C18H29N3O2.CH2O2/c1-15(2)21-12-9-18(10-13-21,17(22)19-11-14-23-3)20-16-7-5-4-6-8-16;2-1-3/h4-8,15,20H,9-14H2,1-3H3,(H,19,22);1H,(H,2,3). The molecule has 1 heterocycles. The number of hydrogen-bond acceptors (Lipinski definition) is 5. The lowest BCUT2D eigenvalue weighted by Crippen LogP contribution is -2.59. The van der Waals surface area contributed by atoms with Crippen LogP contribution >= 0.6 is 0 Å². The highest BCUT2D eigenvalue weighted by Crippen LogP contribution is 2.28. The first-order valence-corrected chi connectivity index (χ1v) is 8.91. The number of nitrogens with one attached hydrogen (secondary N) is 2. The molecule has 0 spiro atoms. The van der Waals surface area contributed by atoms with Crippen LogP contribution in [0.5, 0.6) is 0 Å². The van der Waals surface area contributed by atoms with Crippen molar-refractivity contribution in [2.24, 2.45) is 0 Å². The van der Waals surface area contributed by atoms with Gasteiger partial charge in [0.25, 0.3) is 6.47 Å². The van der Waals surface area contributed by atoms with E-state index in [2.05, 4.69) is 29.4 Å². The topological polar surface area (TPSA) is 90.9 Å². The van der Waals surface area contributed by atoms with Crippen LogP contribution in [0.25, 0.3) is 0 Å². The summed E-state index contributed by atoms with van der Waals surface area (Å²) in [4.78, 5) is 23.6. The van der Waals surface area contributed by atoms with Crippen molar-refractivity contribution >= 4 is 18.1 Å². The van der Waals surface area contributed by atoms with Crippen LogP contribution in [0, 0.1) is 0 Å². The average molecular weight is 365 g/mol. The molecule has 0 saturated carbocycles. The summed E-state index contributed by atoms with van der Waals surface area (Å²) in [5.74, 6) is 0.0711.